The van der Waals surface area contributed by atoms with E-state index in [9.17, 15) is 8.42 Å². The summed E-state index contributed by atoms with van der Waals surface area (Å²) in [4.78, 5) is 4.84. The second kappa shape index (κ2) is 7.30. The average molecular weight is 326 g/mol. The summed E-state index contributed by atoms with van der Waals surface area (Å²) in [6.07, 6.45) is 1.17. The highest BCUT2D eigenvalue weighted by Gasteiger charge is 2.20. The third kappa shape index (κ3) is 4.86. The molecule has 123 valence electrons. The van der Waals surface area contributed by atoms with Gasteiger partial charge in [-0.25, -0.2) is 0 Å². The van der Waals surface area contributed by atoms with Crippen LogP contribution in [0.5, 0.6) is 0 Å². The number of benzene rings is 1. The molecule has 6 nitrogen and oxygen atoms in total. The third-order valence-corrected chi connectivity index (χ3v) is 4.55. The number of hydrogen-bond acceptors (Lipinski definition) is 5. The predicted molar refractivity (Wildman–Crippen MR) is 89.5 cm³/mol. The van der Waals surface area contributed by atoms with Gasteiger partial charge >= 0.3 is 0 Å². The van der Waals surface area contributed by atoms with Crippen LogP contribution in [0.2, 0.25) is 0 Å². The molecule has 0 aromatic heterocycles. The summed E-state index contributed by atoms with van der Waals surface area (Å²) < 4.78 is 30.0. The van der Waals surface area contributed by atoms with E-state index < -0.39 is 10.1 Å². The Morgan fingerprint density at radius 1 is 1.23 bits per heavy atom. The Morgan fingerprint density at radius 2 is 1.82 bits per heavy atom. The normalized spacial score (nSPS) is 18.2. The molecule has 1 heterocycles. The van der Waals surface area contributed by atoms with Crippen LogP contribution in [-0.2, 0) is 10.1 Å². The zero-order chi connectivity index (χ0) is 16.2. The monoisotopic (exact) mass is 326 g/mol. The number of nitrogens with one attached hydrogen (secondary N) is 1. The zero-order valence-electron chi connectivity index (χ0n) is 13.1. The molecule has 1 saturated heterocycles. The van der Waals surface area contributed by atoms with Crippen LogP contribution >= 0.6 is 0 Å². The number of rotatable bonds is 6. The fourth-order valence-electron chi connectivity index (χ4n) is 2.59. The molecular formula is C15H24N3O3S. The first kappa shape index (κ1) is 17.1. The standard InChI is InChI=1S/C15H24N3O3S/c1-3-13(2)17-8-10-18(11-9-17)15-6-4-14(5-7-15)16-12-22(19,20)21/h4-7,12-13,16H,3,8-11H2,1-2H3,(H,19,20,21). The van der Waals surface area contributed by atoms with Gasteiger partial charge in [0, 0.05) is 43.6 Å². The van der Waals surface area contributed by atoms with Crippen LogP contribution in [0.4, 0.5) is 11.4 Å². The minimum atomic E-state index is -4.12. The van der Waals surface area contributed by atoms with Gasteiger partial charge in [0.25, 0.3) is 10.1 Å². The Balaban J connectivity index is 1.89. The molecule has 2 N–H and O–H groups in total. The number of hydrogen-bond donors (Lipinski definition) is 2. The van der Waals surface area contributed by atoms with Crippen LogP contribution in [0.3, 0.4) is 0 Å². The van der Waals surface area contributed by atoms with E-state index in [1.54, 1.807) is 12.1 Å². The Morgan fingerprint density at radius 3 is 2.32 bits per heavy atom. The van der Waals surface area contributed by atoms with E-state index in [1.807, 2.05) is 12.1 Å². The molecule has 2 rings (SSSR count). The molecule has 1 aromatic carbocycles. The summed E-state index contributed by atoms with van der Waals surface area (Å²) in [6.45, 7) is 8.59. The summed E-state index contributed by atoms with van der Waals surface area (Å²) in [7, 11) is -4.12. The van der Waals surface area contributed by atoms with Gasteiger partial charge in [-0.2, -0.15) is 8.42 Å². The van der Waals surface area contributed by atoms with Crippen molar-refractivity contribution in [1.82, 2.24) is 4.90 Å². The molecule has 0 bridgehead atoms. The van der Waals surface area contributed by atoms with E-state index in [-0.39, 0.29) is 0 Å². The molecule has 1 radical (unpaired) electrons. The van der Waals surface area contributed by atoms with Gasteiger partial charge in [-0.05, 0) is 37.6 Å². The Kier molecular flexibility index (Phi) is 5.66. The van der Waals surface area contributed by atoms with Crippen LogP contribution in [-0.4, -0.2) is 50.1 Å². The Hall–Kier alpha value is -1.31. The van der Waals surface area contributed by atoms with Crippen molar-refractivity contribution in [2.24, 2.45) is 0 Å². The minimum absolute atomic E-state index is 0.625. The first-order valence-electron chi connectivity index (χ1n) is 7.55. The molecule has 22 heavy (non-hydrogen) atoms. The van der Waals surface area contributed by atoms with Crippen molar-refractivity contribution < 1.29 is 13.0 Å². The summed E-state index contributed by atoms with van der Waals surface area (Å²) in [6, 6.07) is 8.15. The summed E-state index contributed by atoms with van der Waals surface area (Å²) in [5, 5.41) is 2.55. The minimum Gasteiger partial charge on any atom is -0.369 e. The number of anilines is 2. The highest BCUT2D eigenvalue weighted by molar-refractivity contribution is 7.87. The highest BCUT2D eigenvalue weighted by atomic mass is 32.2. The van der Waals surface area contributed by atoms with E-state index in [0.29, 0.717) is 17.6 Å². The van der Waals surface area contributed by atoms with E-state index in [2.05, 4.69) is 29.0 Å². The van der Waals surface area contributed by atoms with Crippen molar-refractivity contribution in [3.63, 3.8) is 0 Å². The Labute approximate surface area is 132 Å². The van der Waals surface area contributed by atoms with Crippen molar-refractivity contribution in [3.05, 3.63) is 30.1 Å². The van der Waals surface area contributed by atoms with Crippen LogP contribution in [0, 0.1) is 5.88 Å². The van der Waals surface area contributed by atoms with Gasteiger partial charge in [0.2, 0.25) is 0 Å². The van der Waals surface area contributed by atoms with Crippen molar-refractivity contribution in [1.29, 1.82) is 0 Å². The van der Waals surface area contributed by atoms with Crippen LogP contribution < -0.4 is 10.2 Å². The van der Waals surface area contributed by atoms with Crippen molar-refractivity contribution in [2.75, 3.05) is 36.4 Å². The molecule has 1 atom stereocenters. The molecule has 1 aliphatic rings. The first-order chi connectivity index (χ1) is 10.4. The van der Waals surface area contributed by atoms with Crippen LogP contribution in [0.1, 0.15) is 20.3 Å². The molecule has 1 aliphatic heterocycles. The fraction of sp³-hybridized carbons (Fsp3) is 0.533. The first-order valence-corrected chi connectivity index (χ1v) is 9.05. The fourth-order valence-corrected chi connectivity index (χ4v) is 2.88. The van der Waals surface area contributed by atoms with Crippen LogP contribution in [0.15, 0.2) is 24.3 Å². The predicted octanol–water partition coefficient (Wildman–Crippen LogP) is 2.03. The van der Waals surface area contributed by atoms with Gasteiger partial charge in [0.15, 0.2) is 5.88 Å². The average Bonchev–Trinajstić information content (AvgIpc) is 2.52. The molecule has 0 spiro atoms. The lowest BCUT2D eigenvalue weighted by molar-refractivity contribution is 0.193. The molecular weight excluding hydrogens is 302 g/mol. The van der Waals surface area contributed by atoms with Crippen molar-refractivity contribution in [2.45, 2.75) is 26.3 Å². The number of piperazine rings is 1. The van der Waals surface area contributed by atoms with Gasteiger partial charge in [-0.15, -0.1) is 0 Å². The van der Waals surface area contributed by atoms with E-state index in [0.717, 1.165) is 31.9 Å². The van der Waals surface area contributed by atoms with Gasteiger partial charge in [0.05, 0.1) is 0 Å². The maximum Gasteiger partial charge on any atom is 0.289 e. The molecule has 1 aromatic rings. The van der Waals surface area contributed by atoms with E-state index in [1.165, 1.54) is 6.42 Å². The quantitative estimate of drug-likeness (QED) is 0.779. The maximum absolute atomic E-state index is 10.7. The Bertz CT molecular complexity index is 566. The zero-order valence-corrected chi connectivity index (χ0v) is 13.9. The molecule has 7 heteroatoms. The largest absolute Gasteiger partial charge is 0.369 e. The van der Waals surface area contributed by atoms with Gasteiger partial charge < -0.3 is 10.2 Å². The lowest BCUT2D eigenvalue weighted by atomic mass is 10.1. The summed E-state index contributed by atoms with van der Waals surface area (Å²) in [5.41, 5.74) is 1.75. The molecule has 0 aliphatic carbocycles. The lowest BCUT2D eigenvalue weighted by Gasteiger charge is -2.39. The van der Waals surface area contributed by atoms with E-state index >= 15 is 0 Å². The van der Waals surface area contributed by atoms with Gasteiger partial charge in [-0.1, -0.05) is 6.92 Å². The topological polar surface area (TPSA) is 72.9 Å². The second-order valence-electron chi connectivity index (χ2n) is 5.60. The van der Waals surface area contributed by atoms with Crippen molar-refractivity contribution >= 4 is 21.5 Å². The van der Waals surface area contributed by atoms with E-state index in [4.69, 9.17) is 4.55 Å². The third-order valence-electron chi connectivity index (χ3n) is 4.14. The molecule has 0 amide bonds. The van der Waals surface area contributed by atoms with Gasteiger partial charge in [-0.3, -0.25) is 9.45 Å². The molecule has 1 unspecified atom stereocenters. The summed E-state index contributed by atoms with van der Waals surface area (Å²) >= 11 is 0. The van der Waals surface area contributed by atoms with Crippen LogP contribution in [0.25, 0.3) is 0 Å². The highest BCUT2D eigenvalue weighted by Crippen LogP contribution is 2.20. The maximum atomic E-state index is 10.7. The smallest absolute Gasteiger partial charge is 0.289 e. The number of nitrogens with zero attached hydrogens (tertiary/aromatic N) is 2. The lowest BCUT2D eigenvalue weighted by Crippen LogP contribution is -2.49. The molecule has 0 saturated carbocycles. The summed E-state index contributed by atoms with van der Waals surface area (Å²) in [5.74, 6) is 0.674. The SMILES string of the molecule is CCC(C)N1CCN(c2ccc(N[CH]S(=O)(=O)O)cc2)CC1. The second-order valence-corrected chi connectivity index (χ2v) is 6.87. The van der Waals surface area contributed by atoms with Crippen molar-refractivity contribution in [3.8, 4) is 0 Å². The molecule has 1 fully saturated rings. The van der Waals surface area contributed by atoms with Gasteiger partial charge in [0.1, 0.15) is 0 Å².